The monoisotopic (exact) mass is 373 g/mol. The molecule has 2 heterocycles. The van der Waals surface area contributed by atoms with Gasteiger partial charge < -0.3 is 14.7 Å². The Kier molecular flexibility index (Phi) is 3.22. The van der Waals surface area contributed by atoms with E-state index in [0.717, 1.165) is 16.2 Å². The number of imide groups is 1. The molecule has 26 heavy (non-hydrogen) atoms. The van der Waals surface area contributed by atoms with E-state index in [2.05, 4.69) is 5.16 Å². The van der Waals surface area contributed by atoms with E-state index in [0.29, 0.717) is 11.4 Å². The van der Waals surface area contributed by atoms with Crippen molar-refractivity contribution in [3.05, 3.63) is 34.9 Å². The lowest BCUT2D eigenvalue weighted by Gasteiger charge is -2.29. The van der Waals surface area contributed by atoms with Gasteiger partial charge in [0.05, 0.1) is 30.1 Å². The highest BCUT2D eigenvalue weighted by Gasteiger charge is 2.70. The summed E-state index contributed by atoms with van der Waals surface area (Å²) in [5, 5.41) is 15.8. The summed E-state index contributed by atoms with van der Waals surface area (Å²) in [6.45, 7) is -0.682. The second kappa shape index (κ2) is 5.30. The van der Waals surface area contributed by atoms with Crippen LogP contribution in [0.25, 0.3) is 0 Å². The number of aliphatic carboxylic acids is 1. The number of amides is 2. The molecule has 2 saturated carbocycles. The third kappa shape index (κ3) is 1.95. The van der Waals surface area contributed by atoms with Crippen LogP contribution in [0.4, 0.5) is 0 Å². The molecule has 0 unspecified atom stereocenters. The lowest BCUT2D eigenvalue weighted by Crippen LogP contribution is -2.42. The maximum atomic E-state index is 12.7. The van der Waals surface area contributed by atoms with Crippen molar-refractivity contribution >= 4 is 35.1 Å². The van der Waals surface area contributed by atoms with Gasteiger partial charge in [0.25, 0.3) is 0 Å². The lowest BCUT2D eigenvalue weighted by atomic mass is 9.71. The van der Waals surface area contributed by atoms with E-state index in [1.165, 1.54) is 0 Å². The number of hydrogen-bond acceptors (Lipinski definition) is 6. The van der Waals surface area contributed by atoms with E-state index in [1.807, 2.05) is 12.1 Å². The van der Waals surface area contributed by atoms with Gasteiger partial charge in [0, 0.05) is 16.9 Å². The van der Waals surface area contributed by atoms with Crippen LogP contribution in [0.3, 0.4) is 0 Å². The van der Waals surface area contributed by atoms with Crippen LogP contribution in [0, 0.1) is 29.6 Å². The fraction of sp³-hybridized carbons (Fsp3) is 0.444. The Morgan fingerprint density at radius 1 is 1.15 bits per heavy atom. The van der Waals surface area contributed by atoms with Gasteiger partial charge in [0.15, 0.2) is 0 Å². The number of hydrogen-bond donors (Lipinski definition) is 0. The number of carboxylic acids is 1. The number of carboxylic acid groups (broad SMARTS) is 1. The molecule has 3 fully saturated rings. The minimum atomic E-state index is -1.43. The second-order valence-electron chi connectivity index (χ2n) is 7.33. The molecule has 7 nitrogen and oxygen atoms in total. The van der Waals surface area contributed by atoms with Crippen molar-refractivity contribution < 1.29 is 24.3 Å². The van der Waals surface area contributed by atoms with Crippen molar-refractivity contribution in [2.45, 2.75) is 12.5 Å². The summed E-state index contributed by atoms with van der Waals surface area (Å²) in [7, 11) is 0. The Balaban J connectivity index is 1.47. The van der Waals surface area contributed by atoms with E-state index in [4.69, 9.17) is 16.4 Å². The quantitative estimate of drug-likeness (QED) is 0.698. The molecule has 0 aromatic heterocycles. The minimum absolute atomic E-state index is 0.0675. The van der Waals surface area contributed by atoms with Crippen molar-refractivity contribution in [2.24, 2.45) is 34.7 Å². The summed E-state index contributed by atoms with van der Waals surface area (Å²) >= 11 is 5.95. The SMILES string of the molecule is O=C([O-])CN1C(=O)[C@@H]2[C@@H]3C[C@@H]([C@H]4ON=C(c5ccc(Cl)cc5)[C@@H]34)[C@@H]2C1=O. The van der Waals surface area contributed by atoms with Crippen molar-refractivity contribution in [2.75, 3.05) is 6.54 Å². The molecule has 2 amide bonds. The summed E-state index contributed by atoms with van der Waals surface area (Å²) in [6.07, 6.45) is 0.472. The largest absolute Gasteiger partial charge is 0.548 e. The maximum Gasteiger partial charge on any atom is 0.233 e. The van der Waals surface area contributed by atoms with Gasteiger partial charge in [-0.05, 0) is 30.0 Å². The van der Waals surface area contributed by atoms with Crippen LogP contribution >= 0.6 is 11.6 Å². The molecular formula is C18H14ClN2O5-. The van der Waals surface area contributed by atoms with Crippen LogP contribution in [0.15, 0.2) is 29.4 Å². The third-order valence-corrected chi connectivity index (χ3v) is 6.46. The zero-order valence-corrected chi connectivity index (χ0v) is 14.3. The van der Waals surface area contributed by atoms with Gasteiger partial charge in [0.2, 0.25) is 11.8 Å². The molecule has 0 radical (unpaired) electrons. The molecular weight excluding hydrogens is 360 g/mol. The van der Waals surface area contributed by atoms with Crippen molar-refractivity contribution in [3.63, 3.8) is 0 Å². The summed E-state index contributed by atoms with van der Waals surface area (Å²) in [5.41, 5.74) is 1.66. The molecule has 1 saturated heterocycles. The number of carbonyl (C=O) groups excluding carboxylic acids is 3. The number of rotatable bonds is 3. The molecule has 6 atom stereocenters. The van der Waals surface area contributed by atoms with E-state index in [-0.39, 0.29) is 23.9 Å². The van der Waals surface area contributed by atoms with Crippen LogP contribution in [-0.2, 0) is 19.2 Å². The molecule has 2 aliphatic carbocycles. The minimum Gasteiger partial charge on any atom is -0.548 e. The first-order valence-corrected chi connectivity index (χ1v) is 8.90. The zero-order valence-electron chi connectivity index (χ0n) is 13.5. The van der Waals surface area contributed by atoms with Crippen molar-refractivity contribution in [1.29, 1.82) is 0 Å². The van der Waals surface area contributed by atoms with Crippen LogP contribution in [-0.4, -0.2) is 41.0 Å². The zero-order chi connectivity index (χ0) is 18.2. The van der Waals surface area contributed by atoms with Gasteiger partial charge in [-0.3, -0.25) is 14.5 Å². The van der Waals surface area contributed by atoms with Crippen LogP contribution in [0.5, 0.6) is 0 Å². The van der Waals surface area contributed by atoms with E-state index in [1.54, 1.807) is 12.1 Å². The molecule has 2 bridgehead atoms. The first-order valence-electron chi connectivity index (χ1n) is 8.52. The average molecular weight is 374 g/mol. The maximum absolute atomic E-state index is 12.7. The van der Waals surface area contributed by atoms with E-state index in [9.17, 15) is 19.5 Å². The molecule has 1 aromatic carbocycles. The van der Waals surface area contributed by atoms with Crippen molar-refractivity contribution in [3.8, 4) is 0 Å². The number of nitrogens with zero attached hydrogens (tertiary/aromatic N) is 2. The molecule has 2 aliphatic heterocycles. The highest BCUT2D eigenvalue weighted by Crippen LogP contribution is 2.61. The Morgan fingerprint density at radius 3 is 2.46 bits per heavy atom. The molecule has 4 aliphatic rings. The Bertz CT molecular complexity index is 867. The predicted octanol–water partition coefficient (Wildman–Crippen LogP) is 0.0599. The highest BCUT2D eigenvalue weighted by molar-refractivity contribution is 6.30. The van der Waals surface area contributed by atoms with E-state index < -0.39 is 36.2 Å². The molecule has 8 heteroatoms. The van der Waals surface area contributed by atoms with Gasteiger partial charge >= 0.3 is 0 Å². The molecule has 1 aromatic rings. The highest BCUT2D eigenvalue weighted by atomic mass is 35.5. The number of halogens is 1. The topological polar surface area (TPSA) is 99.1 Å². The first-order chi connectivity index (χ1) is 12.5. The summed E-state index contributed by atoms with van der Waals surface area (Å²) < 4.78 is 0. The smallest absolute Gasteiger partial charge is 0.233 e. The average Bonchev–Trinajstić information content (AvgIpc) is 3.32. The van der Waals surface area contributed by atoms with Crippen LogP contribution < -0.4 is 5.11 Å². The molecule has 134 valence electrons. The van der Waals surface area contributed by atoms with Gasteiger partial charge in [-0.25, -0.2) is 0 Å². The normalized spacial score (nSPS) is 36.8. The van der Waals surface area contributed by atoms with Gasteiger partial charge in [0.1, 0.15) is 6.10 Å². The Labute approximate surface area is 153 Å². The van der Waals surface area contributed by atoms with Crippen LogP contribution in [0.1, 0.15) is 12.0 Å². The first kappa shape index (κ1) is 15.8. The predicted molar refractivity (Wildman–Crippen MR) is 86.7 cm³/mol. The van der Waals surface area contributed by atoms with Gasteiger partial charge in [-0.2, -0.15) is 0 Å². The lowest BCUT2D eigenvalue weighted by molar-refractivity contribution is -0.305. The number of oxime groups is 1. The molecule has 0 spiro atoms. The van der Waals surface area contributed by atoms with Crippen molar-refractivity contribution in [1.82, 2.24) is 4.90 Å². The molecule has 0 N–H and O–H groups in total. The summed E-state index contributed by atoms with van der Waals surface area (Å²) in [4.78, 5) is 42.7. The number of likely N-dealkylation sites (tertiary alicyclic amines) is 1. The van der Waals surface area contributed by atoms with Gasteiger partial charge in [-0.15, -0.1) is 0 Å². The van der Waals surface area contributed by atoms with Crippen LogP contribution in [0.2, 0.25) is 5.02 Å². The second-order valence-corrected chi connectivity index (χ2v) is 7.77. The van der Waals surface area contributed by atoms with Gasteiger partial charge in [-0.1, -0.05) is 28.9 Å². The number of fused-ring (bicyclic) bond motifs is 8. The van der Waals surface area contributed by atoms with E-state index >= 15 is 0 Å². The summed E-state index contributed by atoms with van der Waals surface area (Å²) in [6, 6.07) is 7.27. The fourth-order valence-corrected chi connectivity index (χ4v) is 5.46. The Hall–Kier alpha value is -2.41. The third-order valence-electron chi connectivity index (χ3n) is 6.21. The fourth-order valence-electron chi connectivity index (χ4n) is 5.33. The summed E-state index contributed by atoms with van der Waals surface area (Å²) in [5.74, 6) is -3.51. The Morgan fingerprint density at radius 2 is 1.81 bits per heavy atom. The number of carbonyl (C=O) groups is 3. The molecule has 5 rings (SSSR count). The number of benzene rings is 1. The standard InChI is InChI=1S/C18H15ClN2O5/c19-8-3-1-7(2-4-8)15-14-9-5-10(16(14)26-20-15)13-12(9)17(24)21(18(13)25)6-11(22)23/h1-4,9-10,12-14,16H,5-6H2,(H,22,23)/p-1/t9-,10+,12+,13-,14+,16+/m0/s1.